The van der Waals surface area contributed by atoms with Crippen molar-refractivity contribution in [3.63, 3.8) is 0 Å². The highest BCUT2D eigenvalue weighted by Gasteiger charge is 2.21. The predicted molar refractivity (Wildman–Crippen MR) is 74.0 cm³/mol. The van der Waals surface area contributed by atoms with Gasteiger partial charge in [-0.2, -0.15) is 0 Å². The number of piperidine rings is 1. The van der Waals surface area contributed by atoms with Gasteiger partial charge >= 0.3 is 0 Å². The van der Waals surface area contributed by atoms with E-state index in [1.165, 1.54) is 31.5 Å². The third kappa shape index (κ3) is 3.47. The molecule has 0 bridgehead atoms. The molecule has 94 valence electrons. The van der Waals surface area contributed by atoms with E-state index in [2.05, 4.69) is 30.9 Å². The minimum atomic E-state index is 0.743. The zero-order valence-electron chi connectivity index (χ0n) is 11.0. The monoisotopic (exact) mass is 232 g/mol. The van der Waals surface area contributed by atoms with Crippen molar-refractivity contribution in [1.82, 2.24) is 4.90 Å². The third-order valence-electron chi connectivity index (χ3n) is 3.94. The molecule has 2 nitrogen and oxygen atoms in total. The number of rotatable bonds is 3. The molecule has 1 fully saturated rings. The molecule has 0 saturated carbocycles. The van der Waals surface area contributed by atoms with Gasteiger partial charge in [-0.1, -0.05) is 19.1 Å². The lowest BCUT2D eigenvalue weighted by Gasteiger charge is -2.36. The summed E-state index contributed by atoms with van der Waals surface area (Å²) in [6.07, 6.45) is 3.84. The standard InChI is InChI=1S/C15H24N2/c1-12-7-9-17(13(2)11-12)10-8-14-3-5-15(16)6-4-14/h3-6,12-13H,7-11,16H2,1-2H3. The molecular weight excluding hydrogens is 208 g/mol. The fourth-order valence-electron chi connectivity index (χ4n) is 2.75. The number of nitrogens with two attached hydrogens (primary N) is 1. The Morgan fingerprint density at radius 3 is 2.59 bits per heavy atom. The van der Waals surface area contributed by atoms with Crippen molar-refractivity contribution in [3.8, 4) is 0 Å². The first-order chi connectivity index (χ1) is 8.15. The van der Waals surface area contributed by atoms with Gasteiger partial charge in [-0.3, -0.25) is 0 Å². The Balaban J connectivity index is 1.83. The van der Waals surface area contributed by atoms with E-state index in [-0.39, 0.29) is 0 Å². The van der Waals surface area contributed by atoms with Crippen molar-refractivity contribution in [2.24, 2.45) is 5.92 Å². The van der Waals surface area contributed by atoms with Crippen molar-refractivity contribution in [2.75, 3.05) is 18.8 Å². The van der Waals surface area contributed by atoms with Crippen molar-refractivity contribution < 1.29 is 0 Å². The number of anilines is 1. The highest BCUT2D eigenvalue weighted by Crippen LogP contribution is 2.22. The lowest BCUT2D eigenvalue weighted by molar-refractivity contribution is 0.131. The van der Waals surface area contributed by atoms with E-state index < -0.39 is 0 Å². The van der Waals surface area contributed by atoms with Gasteiger partial charge in [0.25, 0.3) is 0 Å². The molecule has 0 aromatic heterocycles. The van der Waals surface area contributed by atoms with Gasteiger partial charge in [0, 0.05) is 18.3 Å². The molecule has 2 N–H and O–H groups in total. The SMILES string of the molecule is CC1CCN(CCc2ccc(N)cc2)C(C)C1. The third-order valence-corrected chi connectivity index (χ3v) is 3.94. The summed E-state index contributed by atoms with van der Waals surface area (Å²) in [5.41, 5.74) is 7.94. The molecule has 1 saturated heterocycles. The molecule has 1 aliphatic rings. The first kappa shape index (κ1) is 12.4. The molecule has 1 heterocycles. The largest absolute Gasteiger partial charge is 0.399 e. The van der Waals surface area contributed by atoms with E-state index in [0.29, 0.717) is 0 Å². The summed E-state index contributed by atoms with van der Waals surface area (Å²) < 4.78 is 0. The van der Waals surface area contributed by atoms with Crippen LogP contribution in [0.25, 0.3) is 0 Å². The maximum atomic E-state index is 5.69. The van der Waals surface area contributed by atoms with Crippen LogP contribution in [0.15, 0.2) is 24.3 Å². The smallest absolute Gasteiger partial charge is 0.0314 e. The van der Waals surface area contributed by atoms with Crippen molar-refractivity contribution in [3.05, 3.63) is 29.8 Å². The zero-order valence-corrected chi connectivity index (χ0v) is 11.0. The first-order valence-corrected chi connectivity index (χ1v) is 6.73. The molecule has 0 aliphatic carbocycles. The van der Waals surface area contributed by atoms with Crippen molar-refractivity contribution in [2.45, 2.75) is 39.2 Å². The average molecular weight is 232 g/mol. The summed E-state index contributed by atoms with van der Waals surface area (Å²) in [7, 11) is 0. The Morgan fingerprint density at radius 1 is 1.24 bits per heavy atom. The van der Waals surface area contributed by atoms with Crippen LogP contribution in [-0.4, -0.2) is 24.0 Å². The van der Waals surface area contributed by atoms with Crippen molar-refractivity contribution in [1.29, 1.82) is 0 Å². The molecule has 2 unspecified atom stereocenters. The molecule has 2 atom stereocenters. The van der Waals surface area contributed by atoms with Gasteiger partial charge in [-0.25, -0.2) is 0 Å². The van der Waals surface area contributed by atoms with Crippen LogP contribution in [0, 0.1) is 5.92 Å². The Morgan fingerprint density at radius 2 is 1.94 bits per heavy atom. The Kier molecular flexibility index (Phi) is 4.06. The van der Waals surface area contributed by atoms with Gasteiger partial charge < -0.3 is 10.6 Å². The number of nitrogens with zero attached hydrogens (tertiary/aromatic N) is 1. The minimum Gasteiger partial charge on any atom is -0.399 e. The molecule has 0 amide bonds. The number of likely N-dealkylation sites (tertiary alicyclic amines) is 1. The van der Waals surface area contributed by atoms with E-state index in [4.69, 9.17) is 5.73 Å². The number of hydrogen-bond donors (Lipinski definition) is 1. The Hall–Kier alpha value is -1.02. The molecule has 0 radical (unpaired) electrons. The summed E-state index contributed by atoms with van der Waals surface area (Å²) in [5.74, 6) is 0.901. The van der Waals surface area contributed by atoms with Gasteiger partial charge in [0.15, 0.2) is 0 Å². The minimum absolute atomic E-state index is 0.743. The first-order valence-electron chi connectivity index (χ1n) is 6.73. The second-order valence-electron chi connectivity index (χ2n) is 5.51. The molecule has 2 heteroatoms. The predicted octanol–water partition coefficient (Wildman–Crippen LogP) is 2.93. The zero-order chi connectivity index (χ0) is 12.3. The molecule has 1 aromatic carbocycles. The van der Waals surface area contributed by atoms with Crippen LogP contribution < -0.4 is 5.73 Å². The van der Waals surface area contributed by atoms with Crippen LogP contribution in [0.1, 0.15) is 32.3 Å². The fourth-order valence-corrected chi connectivity index (χ4v) is 2.75. The summed E-state index contributed by atoms with van der Waals surface area (Å²) >= 11 is 0. The number of nitrogen functional groups attached to an aromatic ring is 1. The van der Waals surface area contributed by atoms with E-state index >= 15 is 0 Å². The van der Waals surface area contributed by atoms with E-state index in [9.17, 15) is 0 Å². The molecule has 1 aromatic rings. The highest BCUT2D eigenvalue weighted by atomic mass is 15.2. The molecular formula is C15H24N2. The maximum absolute atomic E-state index is 5.69. The molecule has 17 heavy (non-hydrogen) atoms. The number of hydrogen-bond acceptors (Lipinski definition) is 2. The van der Waals surface area contributed by atoms with Gasteiger partial charge in [0.05, 0.1) is 0 Å². The molecule has 0 spiro atoms. The van der Waals surface area contributed by atoms with E-state index in [0.717, 1.165) is 24.1 Å². The second kappa shape index (κ2) is 5.54. The lowest BCUT2D eigenvalue weighted by atomic mass is 9.93. The summed E-state index contributed by atoms with van der Waals surface area (Å²) in [4.78, 5) is 2.62. The Bertz CT molecular complexity index is 344. The second-order valence-corrected chi connectivity index (χ2v) is 5.51. The van der Waals surface area contributed by atoms with Crippen LogP contribution in [0.3, 0.4) is 0 Å². The van der Waals surface area contributed by atoms with Crippen LogP contribution in [0.2, 0.25) is 0 Å². The highest BCUT2D eigenvalue weighted by molar-refractivity contribution is 5.39. The molecule has 1 aliphatic heterocycles. The molecule has 2 rings (SSSR count). The number of benzene rings is 1. The summed E-state index contributed by atoms with van der Waals surface area (Å²) in [5, 5.41) is 0. The van der Waals surface area contributed by atoms with Crippen LogP contribution >= 0.6 is 0 Å². The summed E-state index contributed by atoms with van der Waals surface area (Å²) in [6.45, 7) is 7.17. The van der Waals surface area contributed by atoms with Gasteiger partial charge in [0.2, 0.25) is 0 Å². The van der Waals surface area contributed by atoms with Crippen molar-refractivity contribution >= 4 is 5.69 Å². The normalized spacial score (nSPS) is 26.0. The van der Waals surface area contributed by atoms with Gasteiger partial charge in [-0.05, 0) is 56.3 Å². The quantitative estimate of drug-likeness (QED) is 0.812. The lowest BCUT2D eigenvalue weighted by Crippen LogP contribution is -2.41. The van der Waals surface area contributed by atoms with Crippen LogP contribution in [0.4, 0.5) is 5.69 Å². The average Bonchev–Trinajstić information content (AvgIpc) is 2.30. The van der Waals surface area contributed by atoms with E-state index in [1.54, 1.807) is 0 Å². The van der Waals surface area contributed by atoms with Crippen LogP contribution in [0.5, 0.6) is 0 Å². The van der Waals surface area contributed by atoms with E-state index in [1.807, 2.05) is 12.1 Å². The topological polar surface area (TPSA) is 29.3 Å². The maximum Gasteiger partial charge on any atom is 0.0314 e. The van der Waals surface area contributed by atoms with Gasteiger partial charge in [-0.15, -0.1) is 0 Å². The summed E-state index contributed by atoms with van der Waals surface area (Å²) in [6, 6.07) is 9.03. The fraction of sp³-hybridized carbons (Fsp3) is 0.600. The Labute approximate surface area is 105 Å². The van der Waals surface area contributed by atoms with Gasteiger partial charge in [0.1, 0.15) is 0 Å². The van der Waals surface area contributed by atoms with Crippen LogP contribution in [-0.2, 0) is 6.42 Å².